The fourth-order valence-corrected chi connectivity index (χ4v) is 8.45. The predicted molar refractivity (Wildman–Crippen MR) is 156 cm³/mol. The van der Waals surface area contributed by atoms with Crippen molar-refractivity contribution in [2.75, 3.05) is 0 Å². The molecule has 1 aromatic carbocycles. The van der Waals surface area contributed by atoms with Crippen LogP contribution in [-0.4, -0.2) is 40.2 Å². The van der Waals surface area contributed by atoms with Crippen LogP contribution in [0.15, 0.2) is 67.3 Å². The number of ether oxygens (including phenoxy) is 3. The fraction of sp³-hybridized carbons (Fsp3) is 0.486. The zero-order valence-corrected chi connectivity index (χ0v) is 24.1. The second-order valence-corrected chi connectivity index (χ2v) is 12.8. The third-order valence-electron chi connectivity index (χ3n) is 10.5. The molecule has 0 bridgehead atoms. The minimum atomic E-state index is -0.541. The minimum absolute atomic E-state index is 0.261. The molecule has 4 aliphatic rings. The van der Waals surface area contributed by atoms with Gasteiger partial charge in [-0.05, 0) is 123 Å². The van der Waals surface area contributed by atoms with E-state index in [2.05, 4.69) is 35.1 Å². The summed E-state index contributed by atoms with van der Waals surface area (Å²) in [7, 11) is 0. The second-order valence-electron chi connectivity index (χ2n) is 12.8. The van der Waals surface area contributed by atoms with Crippen molar-refractivity contribution < 1.29 is 23.8 Å². The highest BCUT2D eigenvalue weighted by atomic mass is 16.6. The largest absolute Gasteiger partial charge is 0.490 e. The number of pyridine rings is 2. The van der Waals surface area contributed by atoms with E-state index in [1.807, 2.05) is 0 Å². The van der Waals surface area contributed by atoms with Gasteiger partial charge < -0.3 is 14.2 Å². The summed E-state index contributed by atoms with van der Waals surface area (Å²) in [6.07, 6.45) is 15.1. The number of rotatable bonds is 6. The van der Waals surface area contributed by atoms with Crippen molar-refractivity contribution in [2.45, 2.75) is 88.9 Å². The summed E-state index contributed by atoms with van der Waals surface area (Å²) in [5, 5.41) is 0. The van der Waals surface area contributed by atoms with E-state index in [0.717, 1.165) is 44.3 Å². The lowest BCUT2D eigenvalue weighted by Crippen LogP contribution is -2.47. The third kappa shape index (κ3) is 4.97. The van der Waals surface area contributed by atoms with Crippen molar-refractivity contribution in [1.82, 2.24) is 9.97 Å². The van der Waals surface area contributed by atoms with Crippen LogP contribution in [0.2, 0.25) is 0 Å². The summed E-state index contributed by atoms with van der Waals surface area (Å²) in [6.45, 7) is 2.24. The standard InChI is InChI=1S/C35H38N2O5/c1-35-15-14-28-27-13-11-26(40-25-8-2-3-9-25)18-22(27)10-12-29(28)30(35)19-31(41-33(38)23-6-4-16-36-20-23)32(35)42-34(39)24-7-5-17-37-21-24/h4-7,11,13,16-18,20-21,25,28-32H,2-3,8-10,12,14-15,19H2,1H3/t28-,29-,30+,31-,32+,35+/m1/s1. The molecule has 4 aliphatic carbocycles. The molecule has 7 heteroatoms. The Labute approximate surface area is 247 Å². The van der Waals surface area contributed by atoms with Crippen LogP contribution in [0.4, 0.5) is 0 Å². The summed E-state index contributed by atoms with van der Waals surface area (Å²) in [4.78, 5) is 34.7. The van der Waals surface area contributed by atoms with Crippen LogP contribution in [0, 0.1) is 17.3 Å². The smallest absolute Gasteiger partial charge is 0.340 e. The summed E-state index contributed by atoms with van der Waals surface area (Å²) >= 11 is 0. The summed E-state index contributed by atoms with van der Waals surface area (Å²) < 4.78 is 18.7. The lowest BCUT2D eigenvalue weighted by atomic mass is 9.55. The molecule has 0 radical (unpaired) electrons. The maximum Gasteiger partial charge on any atom is 0.340 e. The van der Waals surface area contributed by atoms with Crippen molar-refractivity contribution in [3.63, 3.8) is 0 Å². The van der Waals surface area contributed by atoms with Crippen molar-refractivity contribution in [2.24, 2.45) is 17.3 Å². The zero-order chi connectivity index (χ0) is 28.7. The van der Waals surface area contributed by atoms with Crippen LogP contribution in [0.5, 0.6) is 5.75 Å². The Morgan fingerprint density at radius 2 is 1.60 bits per heavy atom. The van der Waals surface area contributed by atoms with Crippen molar-refractivity contribution in [3.05, 3.63) is 89.5 Å². The van der Waals surface area contributed by atoms with Gasteiger partial charge in [0.1, 0.15) is 18.0 Å². The van der Waals surface area contributed by atoms with Crippen LogP contribution < -0.4 is 4.74 Å². The van der Waals surface area contributed by atoms with Gasteiger partial charge in [-0.1, -0.05) is 13.0 Å². The molecule has 3 saturated carbocycles. The lowest BCUT2D eigenvalue weighted by molar-refractivity contribution is -0.0729. The first-order valence-electron chi connectivity index (χ1n) is 15.5. The lowest BCUT2D eigenvalue weighted by Gasteiger charge is -2.50. The van der Waals surface area contributed by atoms with Gasteiger partial charge >= 0.3 is 11.9 Å². The number of benzene rings is 1. The van der Waals surface area contributed by atoms with E-state index in [1.165, 1.54) is 36.4 Å². The zero-order valence-electron chi connectivity index (χ0n) is 24.1. The molecule has 42 heavy (non-hydrogen) atoms. The molecule has 0 N–H and O–H groups in total. The number of carbonyl (C=O) groups is 2. The van der Waals surface area contributed by atoms with Gasteiger partial charge in [0, 0.05) is 30.2 Å². The van der Waals surface area contributed by atoms with E-state index in [0.29, 0.717) is 35.5 Å². The molecule has 218 valence electrons. The average molecular weight is 567 g/mol. The number of hydrogen-bond donors (Lipinski definition) is 0. The summed E-state index contributed by atoms with van der Waals surface area (Å²) in [6, 6.07) is 13.6. The number of hydrogen-bond acceptors (Lipinski definition) is 7. The molecule has 2 heterocycles. The molecule has 2 aromatic heterocycles. The van der Waals surface area contributed by atoms with E-state index in [-0.39, 0.29) is 11.3 Å². The van der Waals surface area contributed by atoms with Gasteiger partial charge in [-0.2, -0.15) is 0 Å². The molecule has 3 fully saturated rings. The van der Waals surface area contributed by atoms with E-state index >= 15 is 0 Å². The van der Waals surface area contributed by atoms with E-state index in [1.54, 1.807) is 36.7 Å². The maximum absolute atomic E-state index is 13.3. The number of fused-ring (bicyclic) bond motifs is 5. The van der Waals surface area contributed by atoms with Crippen molar-refractivity contribution in [1.29, 1.82) is 0 Å². The highest BCUT2D eigenvalue weighted by Crippen LogP contribution is 2.62. The van der Waals surface area contributed by atoms with Gasteiger partial charge in [0.25, 0.3) is 0 Å². The number of carbonyl (C=O) groups excluding carboxylic acids is 2. The predicted octanol–water partition coefficient (Wildman–Crippen LogP) is 6.72. The van der Waals surface area contributed by atoms with Gasteiger partial charge in [0.05, 0.1) is 17.2 Å². The average Bonchev–Trinajstić information content (AvgIpc) is 3.63. The Morgan fingerprint density at radius 1 is 0.881 bits per heavy atom. The Balaban J connectivity index is 1.15. The summed E-state index contributed by atoms with van der Waals surface area (Å²) in [5.41, 5.74) is 3.34. The van der Waals surface area contributed by atoms with E-state index < -0.39 is 24.1 Å². The van der Waals surface area contributed by atoms with Gasteiger partial charge in [0.15, 0.2) is 0 Å². The Hall–Kier alpha value is -3.74. The Kier molecular flexibility index (Phi) is 7.20. The molecule has 0 spiro atoms. The first-order valence-corrected chi connectivity index (χ1v) is 15.5. The van der Waals surface area contributed by atoms with Gasteiger partial charge in [-0.25, -0.2) is 9.59 Å². The van der Waals surface area contributed by atoms with E-state index in [4.69, 9.17) is 14.2 Å². The molecule has 0 aliphatic heterocycles. The topological polar surface area (TPSA) is 87.6 Å². The molecule has 0 amide bonds. The minimum Gasteiger partial charge on any atom is -0.490 e. The monoisotopic (exact) mass is 566 g/mol. The van der Waals surface area contributed by atoms with Gasteiger partial charge in [0.2, 0.25) is 0 Å². The van der Waals surface area contributed by atoms with Crippen molar-refractivity contribution in [3.8, 4) is 5.75 Å². The number of aromatic nitrogens is 2. The van der Waals surface area contributed by atoms with Crippen LogP contribution in [0.1, 0.15) is 96.1 Å². The highest BCUT2D eigenvalue weighted by molar-refractivity contribution is 5.90. The van der Waals surface area contributed by atoms with Crippen molar-refractivity contribution >= 4 is 11.9 Å². The van der Waals surface area contributed by atoms with Gasteiger partial charge in [-0.3, -0.25) is 9.97 Å². The van der Waals surface area contributed by atoms with Crippen LogP contribution in [0.3, 0.4) is 0 Å². The quantitative estimate of drug-likeness (QED) is 0.306. The molecular weight excluding hydrogens is 528 g/mol. The van der Waals surface area contributed by atoms with E-state index in [9.17, 15) is 9.59 Å². The normalized spacial score (nSPS) is 30.1. The molecular formula is C35H38N2O5. The second kappa shape index (κ2) is 11.2. The summed E-state index contributed by atoms with van der Waals surface area (Å²) in [5.74, 6) is 1.28. The van der Waals surface area contributed by atoms with Crippen LogP contribution in [-0.2, 0) is 15.9 Å². The third-order valence-corrected chi connectivity index (χ3v) is 10.5. The Bertz CT molecular complexity index is 1440. The number of aryl methyl sites for hydroxylation is 1. The van der Waals surface area contributed by atoms with Gasteiger partial charge in [-0.15, -0.1) is 0 Å². The highest BCUT2D eigenvalue weighted by Gasteiger charge is 2.61. The van der Waals surface area contributed by atoms with Crippen LogP contribution in [0.25, 0.3) is 0 Å². The van der Waals surface area contributed by atoms with Crippen LogP contribution >= 0.6 is 0 Å². The first kappa shape index (κ1) is 27.1. The SMILES string of the molecule is C[C@]12CC[C@@H]3c4ccc(OC5CCCC5)cc4CC[C@H]3[C@@H]1C[C@@H](OC(=O)c1cccnc1)[C@@H]2OC(=O)c1cccnc1. The molecule has 0 saturated heterocycles. The maximum atomic E-state index is 13.3. The molecule has 6 atom stereocenters. The number of esters is 2. The molecule has 7 rings (SSSR count). The Morgan fingerprint density at radius 3 is 2.29 bits per heavy atom. The fourth-order valence-electron chi connectivity index (χ4n) is 8.45. The molecule has 0 unspecified atom stereocenters. The number of nitrogens with zero attached hydrogens (tertiary/aromatic N) is 2. The molecule has 3 aromatic rings. The molecule has 7 nitrogen and oxygen atoms in total. The first-order chi connectivity index (χ1) is 20.5.